The zero-order chi connectivity index (χ0) is 14.9. The summed E-state index contributed by atoms with van der Waals surface area (Å²) in [6, 6.07) is 1.12. The monoisotopic (exact) mass is 293 g/mol. The second kappa shape index (κ2) is 6.25. The molecular formula is C17H31N3O. The van der Waals surface area contributed by atoms with Gasteiger partial charge in [0.05, 0.1) is 5.92 Å². The van der Waals surface area contributed by atoms with Crippen molar-refractivity contribution < 1.29 is 4.79 Å². The molecule has 21 heavy (non-hydrogen) atoms. The van der Waals surface area contributed by atoms with Gasteiger partial charge >= 0.3 is 0 Å². The van der Waals surface area contributed by atoms with Gasteiger partial charge in [-0.2, -0.15) is 0 Å². The topological polar surface area (TPSA) is 58.4 Å². The smallest absolute Gasteiger partial charge is 0.225 e. The molecule has 1 saturated heterocycles. The number of rotatable bonds is 3. The van der Waals surface area contributed by atoms with Gasteiger partial charge < -0.3 is 11.1 Å². The van der Waals surface area contributed by atoms with Crippen LogP contribution in [0, 0.1) is 5.92 Å². The summed E-state index contributed by atoms with van der Waals surface area (Å²) >= 11 is 0. The van der Waals surface area contributed by atoms with Crippen molar-refractivity contribution in [1.29, 1.82) is 0 Å². The van der Waals surface area contributed by atoms with Crippen LogP contribution >= 0.6 is 0 Å². The van der Waals surface area contributed by atoms with Gasteiger partial charge in [-0.05, 0) is 39.0 Å². The number of nitrogens with two attached hydrogens (primary N) is 1. The predicted octanol–water partition coefficient (Wildman–Crippen LogP) is 2.03. The minimum atomic E-state index is -0.313. The van der Waals surface area contributed by atoms with Gasteiger partial charge in [-0.1, -0.05) is 25.7 Å². The summed E-state index contributed by atoms with van der Waals surface area (Å²) in [5.41, 5.74) is 6.04. The largest absolute Gasteiger partial charge is 0.352 e. The molecule has 2 saturated carbocycles. The number of amides is 1. The number of carbonyl (C=O) groups excluding carboxylic acids is 1. The lowest BCUT2D eigenvalue weighted by Gasteiger charge is -2.37. The molecule has 3 N–H and O–H groups in total. The summed E-state index contributed by atoms with van der Waals surface area (Å²) in [6.07, 6.45) is 10.8. The van der Waals surface area contributed by atoms with Crippen molar-refractivity contribution in [2.45, 2.75) is 82.3 Å². The lowest BCUT2D eigenvalue weighted by molar-refractivity contribution is -0.128. The van der Waals surface area contributed by atoms with Crippen LogP contribution in [0.15, 0.2) is 0 Å². The van der Waals surface area contributed by atoms with Crippen LogP contribution in [0.2, 0.25) is 0 Å². The van der Waals surface area contributed by atoms with E-state index in [0.29, 0.717) is 6.04 Å². The Morgan fingerprint density at radius 1 is 1.14 bits per heavy atom. The molecule has 0 aromatic carbocycles. The number of nitrogens with zero attached hydrogens (tertiary/aromatic N) is 1. The first-order valence-electron chi connectivity index (χ1n) is 8.89. The highest BCUT2D eigenvalue weighted by Crippen LogP contribution is 2.32. The first kappa shape index (κ1) is 15.3. The average Bonchev–Trinajstić information content (AvgIpc) is 3.08. The lowest BCUT2D eigenvalue weighted by Crippen LogP contribution is -2.54. The summed E-state index contributed by atoms with van der Waals surface area (Å²) in [5.74, 6) is 0.213. The second-order valence-corrected chi connectivity index (χ2v) is 7.73. The van der Waals surface area contributed by atoms with Gasteiger partial charge in [0, 0.05) is 30.7 Å². The predicted molar refractivity (Wildman–Crippen MR) is 84.9 cm³/mol. The molecule has 120 valence electrons. The van der Waals surface area contributed by atoms with E-state index < -0.39 is 0 Å². The zero-order valence-corrected chi connectivity index (χ0v) is 13.4. The van der Waals surface area contributed by atoms with E-state index in [1.807, 2.05) is 0 Å². The normalized spacial score (nSPS) is 38.8. The van der Waals surface area contributed by atoms with Crippen LogP contribution in [0.25, 0.3) is 0 Å². The van der Waals surface area contributed by atoms with Crippen LogP contribution in [0.3, 0.4) is 0 Å². The van der Waals surface area contributed by atoms with Gasteiger partial charge in [0.25, 0.3) is 0 Å². The van der Waals surface area contributed by atoms with Crippen LogP contribution < -0.4 is 11.1 Å². The van der Waals surface area contributed by atoms with Gasteiger partial charge in [0.1, 0.15) is 0 Å². The fourth-order valence-corrected chi connectivity index (χ4v) is 4.60. The molecule has 3 rings (SSSR count). The summed E-state index contributed by atoms with van der Waals surface area (Å²) in [4.78, 5) is 15.2. The van der Waals surface area contributed by atoms with Crippen LogP contribution in [-0.4, -0.2) is 41.5 Å². The third-order valence-corrected chi connectivity index (χ3v) is 5.98. The quantitative estimate of drug-likeness (QED) is 0.837. The molecule has 0 aromatic heterocycles. The Morgan fingerprint density at radius 3 is 2.57 bits per heavy atom. The molecule has 2 aliphatic carbocycles. The van der Waals surface area contributed by atoms with E-state index in [4.69, 9.17) is 5.73 Å². The van der Waals surface area contributed by atoms with Gasteiger partial charge in [0.2, 0.25) is 5.91 Å². The fraction of sp³-hybridized carbons (Fsp3) is 0.941. The minimum absolute atomic E-state index is 0.00628. The first-order valence-corrected chi connectivity index (χ1v) is 8.89. The molecule has 4 nitrogen and oxygen atoms in total. The zero-order valence-electron chi connectivity index (χ0n) is 13.4. The first-order chi connectivity index (χ1) is 10.1. The molecule has 0 spiro atoms. The van der Waals surface area contributed by atoms with Crippen molar-refractivity contribution >= 4 is 5.91 Å². The molecule has 3 fully saturated rings. The fourth-order valence-electron chi connectivity index (χ4n) is 4.60. The highest BCUT2D eigenvalue weighted by Gasteiger charge is 2.39. The lowest BCUT2D eigenvalue weighted by atomic mass is 9.74. The molecule has 3 unspecified atom stereocenters. The van der Waals surface area contributed by atoms with E-state index in [9.17, 15) is 4.79 Å². The Hall–Kier alpha value is -0.610. The Labute approximate surface area is 128 Å². The van der Waals surface area contributed by atoms with Crippen molar-refractivity contribution in [2.75, 3.05) is 13.1 Å². The van der Waals surface area contributed by atoms with Crippen LogP contribution in [0.1, 0.15) is 64.7 Å². The Kier molecular flexibility index (Phi) is 4.55. The summed E-state index contributed by atoms with van der Waals surface area (Å²) < 4.78 is 0. The van der Waals surface area contributed by atoms with Gasteiger partial charge in [-0.15, -0.1) is 0 Å². The van der Waals surface area contributed by atoms with Crippen LogP contribution in [-0.2, 0) is 4.79 Å². The van der Waals surface area contributed by atoms with Crippen molar-refractivity contribution in [1.82, 2.24) is 10.2 Å². The van der Waals surface area contributed by atoms with Gasteiger partial charge in [-0.3, -0.25) is 9.69 Å². The number of carbonyl (C=O) groups is 1. The molecule has 0 aromatic rings. The van der Waals surface area contributed by atoms with E-state index >= 15 is 0 Å². The molecule has 3 aliphatic rings. The van der Waals surface area contributed by atoms with E-state index in [1.165, 1.54) is 25.7 Å². The molecule has 1 amide bonds. The van der Waals surface area contributed by atoms with Crippen molar-refractivity contribution in [2.24, 2.45) is 11.7 Å². The van der Waals surface area contributed by atoms with Crippen molar-refractivity contribution in [3.8, 4) is 0 Å². The van der Waals surface area contributed by atoms with E-state index in [1.54, 1.807) is 0 Å². The Morgan fingerprint density at radius 2 is 1.86 bits per heavy atom. The maximum absolute atomic E-state index is 12.6. The van der Waals surface area contributed by atoms with E-state index in [2.05, 4.69) is 17.1 Å². The minimum Gasteiger partial charge on any atom is -0.352 e. The average molecular weight is 293 g/mol. The Bertz CT molecular complexity index is 376. The van der Waals surface area contributed by atoms with Crippen LogP contribution in [0.5, 0.6) is 0 Å². The third-order valence-electron chi connectivity index (χ3n) is 5.98. The molecule has 3 atom stereocenters. The van der Waals surface area contributed by atoms with E-state index in [-0.39, 0.29) is 17.4 Å². The van der Waals surface area contributed by atoms with E-state index in [0.717, 1.165) is 51.2 Å². The SMILES string of the molecule is CC1(N)CCCCC1C(=O)NC1CCN(C2CCCC2)C1. The summed E-state index contributed by atoms with van der Waals surface area (Å²) in [5, 5.41) is 3.30. The van der Waals surface area contributed by atoms with Crippen molar-refractivity contribution in [3.05, 3.63) is 0 Å². The van der Waals surface area contributed by atoms with Gasteiger partial charge in [0.15, 0.2) is 0 Å². The molecule has 0 radical (unpaired) electrons. The second-order valence-electron chi connectivity index (χ2n) is 7.73. The maximum atomic E-state index is 12.6. The van der Waals surface area contributed by atoms with Crippen LogP contribution in [0.4, 0.5) is 0 Å². The standard InChI is InChI=1S/C17H31N3O/c1-17(18)10-5-4-8-15(17)16(21)19-13-9-11-20(12-13)14-6-2-3-7-14/h13-15H,2-12,18H2,1H3,(H,19,21). The molecule has 1 heterocycles. The highest BCUT2D eigenvalue weighted by molar-refractivity contribution is 5.80. The number of hydrogen-bond donors (Lipinski definition) is 2. The number of hydrogen-bond acceptors (Lipinski definition) is 3. The molecule has 4 heteroatoms. The number of nitrogens with one attached hydrogen (secondary N) is 1. The number of likely N-dealkylation sites (tertiary alicyclic amines) is 1. The van der Waals surface area contributed by atoms with Gasteiger partial charge in [-0.25, -0.2) is 0 Å². The summed E-state index contributed by atoms with van der Waals surface area (Å²) in [6.45, 7) is 4.25. The Balaban J connectivity index is 1.51. The molecule has 1 aliphatic heterocycles. The highest BCUT2D eigenvalue weighted by atomic mass is 16.2. The molecule has 0 bridgehead atoms. The third kappa shape index (κ3) is 3.42. The maximum Gasteiger partial charge on any atom is 0.225 e. The van der Waals surface area contributed by atoms with Crippen molar-refractivity contribution in [3.63, 3.8) is 0 Å². The summed E-state index contributed by atoms with van der Waals surface area (Å²) in [7, 11) is 0. The molecular weight excluding hydrogens is 262 g/mol.